The van der Waals surface area contributed by atoms with Crippen molar-refractivity contribution in [1.29, 1.82) is 0 Å². The maximum absolute atomic E-state index is 12.6. The fraction of sp³-hybridized carbons (Fsp3) is 0.273. The lowest BCUT2D eigenvalue weighted by Gasteiger charge is -2.17. The number of hydrogen-bond acceptors (Lipinski definition) is 3. The van der Waals surface area contributed by atoms with Gasteiger partial charge >= 0.3 is 0 Å². The molecule has 3 nitrogen and oxygen atoms in total. The van der Waals surface area contributed by atoms with Gasteiger partial charge in [0.25, 0.3) is 0 Å². The standard InChI is InChI=1S/C27H33S.C6HF5O3S/c1-4-13-22-20-23(14-5-2)27(24(21-22)15-6-3)28(25-16-9-7-10-17-25)26-18-11-8-12-19-26;7-1-2(8)4(10)6(15(12,13)14)5(11)3(1)9/h7-12,16-21H,4-6,13-15H2,1-3H3;(H,12,13,14)/q+1;/p-1. The minimum atomic E-state index is -5.77. The molecule has 0 unspecified atom stereocenters. The van der Waals surface area contributed by atoms with E-state index in [1.165, 1.54) is 41.0 Å². The molecule has 4 aromatic rings. The Bertz CT molecular complexity index is 1530. The molecule has 230 valence electrons. The summed E-state index contributed by atoms with van der Waals surface area (Å²) in [5, 5.41) is 0. The van der Waals surface area contributed by atoms with Gasteiger partial charge in [-0.3, -0.25) is 0 Å². The van der Waals surface area contributed by atoms with Crippen LogP contribution in [0.2, 0.25) is 0 Å². The lowest BCUT2D eigenvalue weighted by Crippen LogP contribution is -2.12. The molecule has 4 rings (SSSR count). The largest absolute Gasteiger partial charge is 0.744 e. The molecule has 43 heavy (non-hydrogen) atoms. The first-order valence-electron chi connectivity index (χ1n) is 13.9. The minimum Gasteiger partial charge on any atom is -0.744 e. The van der Waals surface area contributed by atoms with E-state index >= 15 is 0 Å². The summed E-state index contributed by atoms with van der Waals surface area (Å²) in [6.07, 6.45) is 7.08. The van der Waals surface area contributed by atoms with Crippen LogP contribution in [0.1, 0.15) is 56.7 Å². The van der Waals surface area contributed by atoms with Crippen LogP contribution in [0.3, 0.4) is 0 Å². The van der Waals surface area contributed by atoms with E-state index in [1.807, 2.05) is 0 Å². The van der Waals surface area contributed by atoms with Gasteiger partial charge in [0.2, 0.25) is 5.82 Å². The third-order valence-electron chi connectivity index (χ3n) is 6.46. The number of benzene rings is 4. The maximum Gasteiger partial charge on any atom is 0.200 e. The second-order valence-electron chi connectivity index (χ2n) is 9.78. The third kappa shape index (κ3) is 8.25. The van der Waals surface area contributed by atoms with Crippen LogP contribution >= 0.6 is 0 Å². The van der Waals surface area contributed by atoms with E-state index < -0.39 is 44.1 Å². The van der Waals surface area contributed by atoms with Crippen molar-refractivity contribution in [1.82, 2.24) is 0 Å². The predicted molar refractivity (Wildman–Crippen MR) is 158 cm³/mol. The molecule has 0 spiro atoms. The van der Waals surface area contributed by atoms with Gasteiger partial charge in [-0.25, -0.2) is 30.4 Å². The Balaban J connectivity index is 0.000000285. The molecule has 0 aliphatic carbocycles. The lowest BCUT2D eigenvalue weighted by molar-refractivity contribution is 0.350. The summed E-state index contributed by atoms with van der Waals surface area (Å²) < 4.78 is 92.9. The molecule has 0 N–H and O–H groups in total. The highest BCUT2D eigenvalue weighted by atomic mass is 32.2. The van der Waals surface area contributed by atoms with Gasteiger partial charge in [-0.1, -0.05) is 88.6 Å². The van der Waals surface area contributed by atoms with Gasteiger partial charge in [0.05, 0.1) is 10.9 Å². The van der Waals surface area contributed by atoms with Crippen molar-refractivity contribution in [3.8, 4) is 0 Å². The number of rotatable bonds is 10. The molecule has 10 heteroatoms. The molecule has 0 saturated carbocycles. The van der Waals surface area contributed by atoms with Crippen molar-refractivity contribution in [3.63, 3.8) is 0 Å². The van der Waals surface area contributed by atoms with Crippen molar-refractivity contribution >= 4 is 21.0 Å². The Kier molecular flexibility index (Phi) is 12.4. The Morgan fingerprint density at radius 2 is 0.977 bits per heavy atom. The Morgan fingerprint density at radius 1 is 0.605 bits per heavy atom. The van der Waals surface area contributed by atoms with Crippen molar-refractivity contribution in [2.75, 3.05) is 0 Å². The monoisotopic (exact) mass is 636 g/mol. The van der Waals surface area contributed by atoms with Crippen molar-refractivity contribution in [2.24, 2.45) is 0 Å². The van der Waals surface area contributed by atoms with Crippen LogP contribution in [0.15, 0.2) is 92.4 Å². The first-order valence-corrected chi connectivity index (χ1v) is 16.6. The van der Waals surface area contributed by atoms with Gasteiger partial charge in [-0.2, -0.15) is 0 Å². The summed E-state index contributed by atoms with van der Waals surface area (Å²) in [7, 11) is -5.83. The van der Waals surface area contributed by atoms with E-state index in [-0.39, 0.29) is 10.9 Å². The second kappa shape index (κ2) is 15.5. The van der Waals surface area contributed by atoms with Crippen LogP contribution < -0.4 is 0 Å². The van der Waals surface area contributed by atoms with Crippen molar-refractivity contribution in [2.45, 2.75) is 78.9 Å². The first-order chi connectivity index (χ1) is 20.5. The third-order valence-corrected chi connectivity index (χ3v) is 9.74. The molecular formula is C33H33F5O3S2. The molecule has 0 radical (unpaired) electrons. The zero-order chi connectivity index (χ0) is 31.7. The Morgan fingerprint density at radius 3 is 1.33 bits per heavy atom. The molecule has 0 fully saturated rings. The first kappa shape index (κ1) is 34.3. The van der Waals surface area contributed by atoms with Crippen LogP contribution in [-0.4, -0.2) is 13.0 Å². The van der Waals surface area contributed by atoms with E-state index in [0.29, 0.717) is 0 Å². The second-order valence-corrected chi connectivity index (χ2v) is 13.1. The molecule has 0 aromatic heterocycles. The van der Waals surface area contributed by atoms with E-state index in [9.17, 15) is 34.9 Å². The topological polar surface area (TPSA) is 57.2 Å². The zero-order valence-electron chi connectivity index (χ0n) is 24.1. The van der Waals surface area contributed by atoms with Crippen LogP contribution in [0.25, 0.3) is 0 Å². The number of aryl methyl sites for hydroxylation is 3. The number of halogens is 5. The highest BCUT2D eigenvalue weighted by Gasteiger charge is 2.34. The fourth-order valence-electron chi connectivity index (χ4n) is 4.72. The predicted octanol–water partition coefficient (Wildman–Crippen LogP) is 8.93. The van der Waals surface area contributed by atoms with E-state index in [2.05, 4.69) is 93.6 Å². The zero-order valence-corrected chi connectivity index (χ0v) is 25.7. The van der Waals surface area contributed by atoms with Crippen LogP contribution in [0, 0.1) is 29.1 Å². The van der Waals surface area contributed by atoms with Gasteiger partial charge in [-0.05, 0) is 49.1 Å². The van der Waals surface area contributed by atoms with Crippen LogP contribution in [0.4, 0.5) is 22.0 Å². The van der Waals surface area contributed by atoms with Gasteiger partial charge in [-0.15, -0.1) is 0 Å². The summed E-state index contributed by atoms with van der Waals surface area (Å²) in [6.45, 7) is 6.89. The summed E-state index contributed by atoms with van der Waals surface area (Å²) >= 11 is 0. The summed E-state index contributed by atoms with van der Waals surface area (Å²) in [6, 6.07) is 27.2. The minimum absolute atomic E-state index is 0.0529. The highest BCUT2D eigenvalue weighted by Crippen LogP contribution is 2.37. The van der Waals surface area contributed by atoms with E-state index in [0.717, 1.165) is 12.8 Å². The average molecular weight is 637 g/mol. The fourth-order valence-corrected chi connectivity index (χ4v) is 7.79. The molecule has 0 aliphatic rings. The SMILES string of the molecule is CCCc1cc(CCC)c([S+](c2ccccc2)c2ccccc2)c(CCC)c1.O=S(=O)([O-])c1c(F)c(F)c(F)c(F)c1F. The molecular weight excluding hydrogens is 603 g/mol. The van der Waals surface area contributed by atoms with Crippen LogP contribution in [-0.2, 0) is 40.3 Å². The maximum atomic E-state index is 12.6. The van der Waals surface area contributed by atoms with Gasteiger partial charge in [0, 0.05) is 11.1 Å². The number of hydrogen-bond donors (Lipinski definition) is 0. The normalized spacial score (nSPS) is 11.4. The molecule has 0 heterocycles. The molecule has 0 atom stereocenters. The van der Waals surface area contributed by atoms with E-state index in [1.54, 1.807) is 16.0 Å². The van der Waals surface area contributed by atoms with Gasteiger partial charge in [0.15, 0.2) is 38.0 Å². The van der Waals surface area contributed by atoms with Crippen molar-refractivity contribution in [3.05, 3.63) is 119 Å². The average Bonchev–Trinajstić information content (AvgIpc) is 2.98. The Hall–Kier alpha value is -3.21. The van der Waals surface area contributed by atoms with Crippen LogP contribution in [0.5, 0.6) is 0 Å². The molecule has 4 aromatic carbocycles. The molecule has 0 aliphatic heterocycles. The summed E-state index contributed by atoms with van der Waals surface area (Å²) in [5.74, 6) is -12.8. The smallest absolute Gasteiger partial charge is 0.200 e. The van der Waals surface area contributed by atoms with Gasteiger partial charge in [0.1, 0.15) is 15.0 Å². The highest BCUT2D eigenvalue weighted by molar-refractivity contribution is 7.97. The summed E-state index contributed by atoms with van der Waals surface area (Å²) in [4.78, 5) is 2.05. The molecule has 0 bridgehead atoms. The molecule has 0 saturated heterocycles. The van der Waals surface area contributed by atoms with E-state index in [4.69, 9.17) is 0 Å². The Labute approximate surface area is 252 Å². The molecule has 0 amide bonds. The summed E-state index contributed by atoms with van der Waals surface area (Å²) in [5.41, 5.74) is 4.64. The van der Waals surface area contributed by atoms with Crippen molar-refractivity contribution < 1.29 is 34.9 Å². The quantitative estimate of drug-likeness (QED) is 0.0574. The van der Waals surface area contributed by atoms with Gasteiger partial charge < -0.3 is 4.55 Å². The lowest BCUT2D eigenvalue weighted by atomic mass is 9.97.